The molecule has 1 saturated carbocycles. The van der Waals surface area contributed by atoms with Crippen molar-refractivity contribution in [3.63, 3.8) is 0 Å². The molecular formula is C16H18BrN3O. The summed E-state index contributed by atoms with van der Waals surface area (Å²) in [6.07, 6.45) is 4.19. The van der Waals surface area contributed by atoms with Crippen LogP contribution in [0.3, 0.4) is 0 Å². The number of halogens is 1. The number of aryl methyl sites for hydroxylation is 1. The SMILES string of the molecule is Cn1cccc1CN(C(=O)Nc1ccccc1Br)C1CC1. The molecule has 1 heterocycles. The quantitative estimate of drug-likeness (QED) is 0.892. The van der Waals surface area contributed by atoms with Gasteiger partial charge in [0.05, 0.1) is 12.2 Å². The predicted molar refractivity (Wildman–Crippen MR) is 87.1 cm³/mol. The molecule has 5 heteroatoms. The van der Waals surface area contributed by atoms with Crippen LogP contribution in [0.5, 0.6) is 0 Å². The van der Waals surface area contributed by atoms with Crippen LogP contribution >= 0.6 is 15.9 Å². The molecule has 0 saturated heterocycles. The van der Waals surface area contributed by atoms with Gasteiger partial charge in [0.1, 0.15) is 0 Å². The number of anilines is 1. The molecule has 1 aromatic heterocycles. The van der Waals surface area contributed by atoms with E-state index in [1.807, 2.05) is 48.5 Å². The molecule has 2 aromatic rings. The summed E-state index contributed by atoms with van der Waals surface area (Å²) < 4.78 is 2.95. The van der Waals surface area contributed by atoms with Gasteiger partial charge in [-0.2, -0.15) is 0 Å². The molecule has 1 fully saturated rings. The van der Waals surface area contributed by atoms with Crippen LogP contribution in [-0.2, 0) is 13.6 Å². The average molecular weight is 348 g/mol. The van der Waals surface area contributed by atoms with Crippen LogP contribution in [0.1, 0.15) is 18.5 Å². The Kier molecular flexibility index (Phi) is 4.01. The van der Waals surface area contributed by atoms with Crippen molar-refractivity contribution in [1.29, 1.82) is 0 Å². The number of para-hydroxylation sites is 1. The first-order valence-corrected chi connectivity index (χ1v) is 7.87. The van der Waals surface area contributed by atoms with E-state index in [2.05, 4.69) is 31.9 Å². The molecular weight excluding hydrogens is 330 g/mol. The summed E-state index contributed by atoms with van der Waals surface area (Å²) in [5.41, 5.74) is 1.95. The molecule has 21 heavy (non-hydrogen) atoms. The fourth-order valence-corrected chi connectivity index (χ4v) is 2.72. The maximum absolute atomic E-state index is 12.6. The van der Waals surface area contributed by atoms with E-state index in [4.69, 9.17) is 0 Å². The fraction of sp³-hybridized carbons (Fsp3) is 0.312. The fourth-order valence-electron chi connectivity index (χ4n) is 2.34. The molecule has 0 aliphatic heterocycles. The molecule has 1 aliphatic rings. The van der Waals surface area contributed by atoms with E-state index in [1.165, 1.54) is 0 Å². The van der Waals surface area contributed by atoms with Crippen molar-refractivity contribution in [2.45, 2.75) is 25.4 Å². The first kappa shape index (κ1) is 14.2. The second-order valence-electron chi connectivity index (χ2n) is 5.38. The highest BCUT2D eigenvalue weighted by atomic mass is 79.9. The molecule has 3 rings (SSSR count). The van der Waals surface area contributed by atoms with Crippen LogP contribution in [0, 0.1) is 0 Å². The number of benzene rings is 1. The van der Waals surface area contributed by atoms with Gasteiger partial charge in [-0.3, -0.25) is 0 Å². The van der Waals surface area contributed by atoms with E-state index >= 15 is 0 Å². The summed E-state index contributed by atoms with van der Waals surface area (Å²) in [7, 11) is 2.01. The van der Waals surface area contributed by atoms with Gasteiger partial charge in [-0.1, -0.05) is 12.1 Å². The van der Waals surface area contributed by atoms with Crippen molar-refractivity contribution in [2.24, 2.45) is 7.05 Å². The molecule has 0 spiro atoms. The number of carbonyl (C=O) groups is 1. The van der Waals surface area contributed by atoms with Crippen molar-refractivity contribution in [2.75, 3.05) is 5.32 Å². The average Bonchev–Trinajstić information content (AvgIpc) is 3.22. The molecule has 0 atom stereocenters. The van der Waals surface area contributed by atoms with Gasteiger partial charge in [0.2, 0.25) is 0 Å². The smallest absolute Gasteiger partial charge is 0.322 e. The largest absolute Gasteiger partial charge is 0.353 e. The lowest BCUT2D eigenvalue weighted by Gasteiger charge is -2.23. The zero-order chi connectivity index (χ0) is 14.8. The Balaban J connectivity index is 1.74. The number of urea groups is 1. The first-order valence-electron chi connectivity index (χ1n) is 7.07. The van der Waals surface area contributed by atoms with Gasteiger partial charge in [-0.25, -0.2) is 4.79 Å². The molecule has 1 aliphatic carbocycles. The lowest BCUT2D eigenvalue weighted by Crippen LogP contribution is -2.36. The van der Waals surface area contributed by atoms with Crippen molar-refractivity contribution >= 4 is 27.6 Å². The molecule has 0 radical (unpaired) electrons. The van der Waals surface area contributed by atoms with Gasteiger partial charge in [0.25, 0.3) is 0 Å². The second-order valence-corrected chi connectivity index (χ2v) is 6.23. The Morgan fingerprint density at radius 2 is 2.10 bits per heavy atom. The number of amides is 2. The maximum Gasteiger partial charge on any atom is 0.322 e. The standard InChI is InChI=1S/C16H18BrN3O/c1-19-10-4-5-13(19)11-20(12-8-9-12)16(21)18-15-7-3-2-6-14(15)17/h2-7,10,12H,8-9,11H2,1H3,(H,18,21). The summed E-state index contributed by atoms with van der Waals surface area (Å²) >= 11 is 3.46. The van der Waals surface area contributed by atoms with Gasteiger partial charge in [-0.15, -0.1) is 0 Å². The van der Waals surface area contributed by atoms with E-state index in [0.29, 0.717) is 12.6 Å². The molecule has 1 aromatic carbocycles. The van der Waals surface area contributed by atoms with Crippen LogP contribution in [0.15, 0.2) is 47.1 Å². The number of hydrogen-bond donors (Lipinski definition) is 1. The number of aromatic nitrogens is 1. The number of nitrogens with zero attached hydrogens (tertiary/aromatic N) is 2. The molecule has 0 unspecified atom stereocenters. The Bertz CT molecular complexity index is 648. The lowest BCUT2D eigenvalue weighted by atomic mass is 10.3. The molecule has 1 N–H and O–H groups in total. The lowest BCUT2D eigenvalue weighted by molar-refractivity contribution is 0.205. The van der Waals surface area contributed by atoms with Gasteiger partial charge in [-0.05, 0) is 53.0 Å². The summed E-state index contributed by atoms with van der Waals surface area (Å²) in [6.45, 7) is 0.643. The van der Waals surface area contributed by atoms with Gasteiger partial charge < -0.3 is 14.8 Å². The van der Waals surface area contributed by atoms with Crippen LogP contribution in [0.25, 0.3) is 0 Å². The number of hydrogen-bond acceptors (Lipinski definition) is 1. The minimum Gasteiger partial charge on any atom is -0.353 e. The Hall–Kier alpha value is -1.75. The monoisotopic (exact) mass is 347 g/mol. The topological polar surface area (TPSA) is 37.3 Å². The number of carbonyl (C=O) groups excluding carboxylic acids is 1. The van der Waals surface area contributed by atoms with Crippen molar-refractivity contribution in [1.82, 2.24) is 9.47 Å². The van der Waals surface area contributed by atoms with Crippen LogP contribution < -0.4 is 5.32 Å². The van der Waals surface area contributed by atoms with E-state index in [0.717, 1.165) is 28.7 Å². The molecule has 2 amide bonds. The Morgan fingerprint density at radius 3 is 2.71 bits per heavy atom. The zero-order valence-electron chi connectivity index (χ0n) is 11.9. The van der Waals surface area contributed by atoms with Crippen LogP contribution in [0.4, 0.5) is 10.5 Å². The van der Waals surface area contributed by atoms with Crippen molar-refractivity contribution in [3.8, 4) is 0 Å². The summed E-state index contributed by atoms with van der Waals surface area (Å²) in [5.74, 6) is 0. The zero-order valence-corrected chi connectivity index (χ0v) is 13.5. The number of rotatable bonds is 4. The highest BCUT2D eigenvalue weighted by Crippen LogP contribution is 2.30. The Labute approximate surface area is 132 Å². The third-order valence-corrected chi connectivity index (χ3v) is 4.44. The van der Waals surface area contributed by atoms with E-state index < -0.39 is 0 Å². The van der Waals surface area contributed by atoms with E-state index in [-0.39, 0.29) is 6.03 Å². The van der Waals surface area contributed by atoms with Gasteiger partial charge in [0, 0.05) is 29.5 Å². The normalized spacial score (nSPS) is 14.0. The molecule has 110 valence electrons. The van der Waals surface area contributed by atoms with Crippen molar-refractivity contribution in [3.05, 3.63) is 52.8 Å². The predicted octanol–water partition coefficient (Wildman–Crippen LogP) is 3.98. The first-order chi connectivity index (χ1) is 10.1. The van der Waals surface area contributed by atoms with Gasteiger partial charge in [0.15, 0.2) is 0 Å². The highest BCUT2D eigenvalue weighted by Gasteiger charge is 2.33. The third-order valence-electron chi connectivity index (χ3n) is 3.75. The minimum absolute atomic E-state index is 0.0365. The maximum atomic E-state index is 12.6. The second kappa shape index (κ2) is 5.93. The van der Waals surface area contributed by atoms with E-state index in [1.54, 1.807) is 0 Å². The molecule has 4 nitrogen and oxygen atoms in total. The van der Waals surface area contributed by atoms with Crippen LogP contribution in [-0.4, -0.2) is 21.5 Å². The van der Waals surface area contributed by atoms with E-state index in [9.17, 15) is 4.79 Å². The summed E-state index contributed by atoms with van der Waals surface area (Å²) in [5, 5.41) is 2.99. The molecule has 0 bridgehead atoms. The summed E-state index contributed by atoms with van der Waals surface area (Å²) in [4.78, 5) is 14.5. The van der Waals surface area contributed by atoms with Crippen LogP contribution in [0.2, 0.25) is 0 Å². The third kappa shape index (κ3) is 3.29. The van der Waals surface area contributed by atoms with Gasteiger partial charge >= 0.3 is 6.03 Å². The summed E-state index contributed by atoms with van der Waals surface area (Å²) in [6, 6.07) is 12.1. The number of nitrogens with one attached hydrogen (secondary N) is 1. The Morgan fingerprint density at radius 1 is 1.33 bits per heavy atom. The van der Waals surface area contributed by atoms with Crippen molar-refractivity contribution < 1.29 is 4.79 Å². The minimum atomic E-state index is -0.0365. The highest BCUT2D eigenvalue weighted by molar-refractivity contribution is 9.10.